The maximum atomic E-state index is 2.18. The summed E-state index contributed by atoms with van der Waals surface area (Å²) in [6.07, 6.45) is 2.64. The standard InChI is InChI=1S/C12H10.C6H6.C4H10/c1-3-7-11(8-4-1)12-9-5-2-6-10-12;1-2-4-6-5-3-1;1-3-4-2/h1-10H;1-6H;3-4H2,1-2H3. The molecular formula is C22H26. The van der Waals surface area contributed by atoms with Gasteiger partial charge in [0, 0.05) is 0 Å². The van der Waals surface area contributed by atoms with Crippen molar-refractivity contribution in [2.45, 2.75) is 26.7 Å². The van der Waals surface area contributed by atoms with Gasteiger partial charge in [-0.2, -0.15) is 0 Å². The van der Waals surface area contributed by atoms with Crippen LogP contribution in [0.4, 0.5) is 0 Å². The van der Waals surface area contributed by atoms with Crippen LogP contribution in [0.5, 0.6) is 0 Å². The minimum atomic E-state index is 1.28. The fourth-order valence-corrected chi connectivity index (χ4v) is 1.65. The van der Waals surface area contributed by atoms with Gasteiger partial charge in [-0.05, 0) is 11.1 Å². The largest absolute Gasteiger partial charge is 0.0654 e. The maximum absolute atomic E-state index is 2.18. The Balaban J connectivity index is 0.000000203. The first-order valence-corrected chi connectivity index (χ1v) is 7.99. The van der Waals surface area contributed by atoms with E-state index in [4.69, 9.17) is 0 Å². The van der Waals surface area contributed by atoms with Crippen LogP contribution < -0.4 is 0 Å². The van der Waals surface area contributed by atoms with Crippen LogP contribution in [0.25, 0.3) is 11.1 Å². The fourth-order valence-electron chi connectivity index (χ4n) is 1.65. The van der Waals surface area contributed by atoms with Gasteiger partial charge in [-0.25, -0.2) is 0 Å². The summed E-state index contributed by atoms with van der Waals surface area (Å²) in [5.41, 5.74) is 2.55. The molecule has 0 nitrogen and oxygen atoms in total. The van der Waals surface area contributed by atoms with E-state index in [0.29, 0.717) is 0 Å². The van der Waals surface area contributed by atoms with Crippen LogP contribution in [0.15, 0.2) is 97.1 Å². The molecule has 0 aliphatic heterocycles. The molecule has 3 aromatic rings. The zero-order valence-corrected chi connectivity index (χ0v) is 13.7. The van der Waals surface area contributed by atoms with E-state index in [1.54, 1.807) is 0 Å². The van der Waals surface area contributed by atoms with Crippen molar-refractivity contribution in [2.24, 2.45) is 0 Å². The molecule has 0 heterocycles. The number of unbranched alkanes of at least 4 members (excludes halogenated alkanes) is 1. The molecule has 0 bridgehead atoms. The van der Waals surface area contributed by atoms with Gasteiger partial charge in [0.2, 0.25) is 0 Å². The van der Waals surface area contributed by atoms with Gasteiger partial charge in [-0.3, -0.25) is 0 Å². The molecular weight excluding hydrogens is 264 g/mol. The second kappa shape index (κ2) is 12.4. The number of benzene rings is 3. The minimum absolute atomic E-state index is 1.28. The topological polar surface area (TPSA) is 0 Å². The molecule has 114 valence electrons. The summed E-state index contributed by atoms with van der Waals surface area (Å²) in [6.45, 7) is 4.36. The Kier molecular flexibility index (Phi) is 9.99. The summed E-state index contributed by atoms with van der Waals surface area (Å²) in [6, 6.07) is 32.8. The Morgan fingerprint density at radius 2 is 0.636 bits per heavy atom. The number of rotatable bonds is 2. The van der Waals surface area contributed by atoms with Gasteiger partial charge in [-0.15, -0.1) is 0 Å². The van der Waals surface area contributed by atoms with Crippen LogP contribution in [0, 0.1) is 0 Å². The normalized spacial score (nSPS) is 8.82. The van der Waals surface area contributed by atoms with Gasteiger partial charge < -0.3 is 0 Å². The molecule has 0 fully saturated rings. The fraction of sp³-hybridized carbons (Fsp3) is 0.182. The summed E-state index contributed by atoms with van der Waals surface area (Å²) >= 11 is 0. The van der Waals surface area contributed by atoms with E-state index in [1.807, 2.05) is 48.5 Å². The molecule has 0 radical (unpaired) electrons. The van der Waals surface area contributed by atoms with Gasteiger partial charge in [0.25, 0.3) is 0 Å². The van der Waals surface area contributed by atoms with E-state index in [1.165, 1.54) is 24.0 Å². The lowest BCUT2D eigenvalue weighted by molar-refractivity contribution is 0.886. The highest BCUT2D eigenvalue weighted by Crippen LogP contribution is 2.17. The molecule has 0 aliphatic carbocycles. The molecule has 0 saturated heterocycles. The van der Waals surface area contributed by atoms with E-state index in [-0.39, 0.29) is 0 Å². The Morgan fingerprint density at radius 3 is 0.864 bits per heavy atom. The average molecular weight is 290 g/mol. The average Bonchev–Trinajstić information content (AvgIpc) is 2.65. The Morgan fingerprint density at radius 1 is 0.409 bits per heavy atom. The molecule has 0 atom stereocenters. The third-order valence-corrected chi connectivity index (χ3v) is 3.05. The molecule has 0 amide bonds. The smallest absolute Gasteiger partial charge is 0.0184 e. The third-order valence-electron chi connectivity index (χ3n) is 3.05. The molecule has 22 heavy (non-hydrogen) atoms. The van der Waals surface area contributed by atoms with Crippen LogP contribution in [0.1, 0.15) is 26.7 Å². The van der Waals surface area contributed by atoms with Crippen molar-refractivity contribution in [3.05, 3.63) is 97.1 Å². The second-order valence-electron chi connectivity index (χ2n) is 4.89. The monoisotopic (exact) mass is 290 g/mol. The van der Waals surface area contributed by atoms with Crippen LogP contribution in [0.3, 0.4) is 0 Å². The lowest BCUT2D eigenvalue weighted by Gasteiger charge is -1.98. The quantitative estimate of drug-likeness (QED) is 0.484. The highest BCUT2D eigenvalue weighted by atomic mass is 14.0. The summed E-state index contributed by atoms with van der Waals surface area (Å²) in [5, 5.41) is 0. The highest BCUT2D eigenvalue weighted by Gasteiger charge is 1.91. The van der Waals surface area contributed by atoms with E-state index < -0.39 is 0 Å². The van der Waals surface area contributed by atoms with Gasteiger partial charge in [0.15, 0.2) is 0 Å². The molecule has 0 aromatic heterocycles. The Bertz CT molecular complexity index is 490. The van der Waals surface area contributed by atoms with E-state index >= 15 is 0 Å². The first-order valence-electron chi connectivity index (χ1n) is 7.99. The van der Waals surface area contributed by atoms with Crippen molar-refractivity contribution >= 4 is 0 Å². The van der Waals surface area contributed by atoms with E-state index in [0.717, 1.165) is 0 Å². The second-order valence-corrected chi connectivity index (χ2v) is 4.89. The molecule has 0 aliphatic rings. The summed E-state index contributed by atoms with van der Waals surface area (Å²) in [7, 11) is 0. The van der Waals surface area contributed by atoms with E-state index in [2.05, 4.69) is 62.4 Å². The van der Waals surface area contributed by atoms with Crippen LogP contribution in [-0.4, -0.2) is 0 Å². The SMILES string of the molecule is CCCC.c1ccc(-c2ccccc2)cc1.c1ccccc1. The zero-order valence-electron chi connectivity index (χ0n) is 13.7. The minimum Gasteiger partial charge on any atom is -0.0654 e. The summed E-state index contributed by atoms with van der Waals surface area (Å²) in [5.74, 6) is 0. The first kappa shape index (κ1) is 17.7. The number of hydrogen-bond donors (Lipinski definition) is 0. The molecule has 0 saturated carbocycles. The predicted molar refractivity (Wildman–Crippen MR) is 98.9 cm³/mol. The van der Waals surface area contributed by atoms with Crippen molar-refractivity contribution in [1.29, 1.82) is 0 Å². The van der Waals surface area contributed by atoms with Crippen molar-refractivity contribution in [3.63, 3.8) is 0 Å². The Labute approximate surface area is 135 Å². The Hall–Kier alpha value is -2.34. The van der Waals surface area contributed by atoms with Crippen molar-refractivity contribution in [1.82, 2.24) is 0 Å². The van der Waals surface area contributed by atoms with Gasteiger partial charge >= 0.3 is 0 Å². The van der Waals surface area contributed by atoms with Crippen molar-refractivity contribution in [3.8, 4) is 11.1 Å². The molecule has 0 spiro atoms. The molecule has 0 unspecified atom stereocenters. The van der Waals surface area contributed by atoms with Crippen molar-refractivity contribution in [2.75, 3.05) is 0 Å². The number of hydrogen-bond acceptors (Lipinski definition) is 0. The predicted octanol–water partition coefficient (Wildman–Crippen LogP) is 6.85. The van der Waals surface area contributed by atoms with Crippen LogP contribution in [0.2, 0.25) is 0 Å². The summed E-state index contributed by atoms with van der Waals surface area (Å²) in [4.78, 5) is 0. The molecule has 0 heteroatoms. The van der Waals surface area contributed by atoms with Gasteiger partial charge in [0.1, 0.15) is 0 Å². The lowest BCUT2D eigenvalue weighted by atomic mass is 10.1. The van der Waals surface area contributed by atoms with Crippen molar-refractivity contribution < 1.29 is 0 Å². The highest BCUT2D eigenvalue weighted by molar-refractivity contribution is 5.62. The molecule has 3 rings (SSSR count). The lowest BCUT2D eigenvalue weighted by Crippen LogP contribution is -1.73. The summed E-state index contributed by atoms with van der Waals surface area (Å²) < 4.78 is 0. The zero-order chi connectivity index (χ0) is 15.9. The van der Waals surface area contributed by atoms with Crippen LogP contribution >= 0.6 is 0 Å². The first-order chi connectivity index (χ1) is 10.9. The molecule has 0 N–H and O–H groups in total. The molecule has 3 aromatic carbocycles. The van der Waals surface area contributed by atoms with E-state index in [9.17, 15) is 0 Å². The third kappa shape index (κ3) is 8.06. The van der Waals surface area contributed by atoms with Gasteiger partial charge in [0.05, 0.1) is 0 Å². The van der Waals surface area contributed by atoms with Gasteiger partial charge in [-0.1, -0.05) is 124 Å². The maximum Gasteiger partial charge on any atom is -0.0184 e. The van der Waals surface area contributed by atoms with Crippen LogP contribution in [-0.2, 0) is 0 Å².